The van der Waals surface area contributed by atoms with Crippen molar-refractivity contribution in [2.24, 2.45) is 5.73 Å². The Bertz CT molecular complexity index is 339. The van der Waals surface area contributed by atoms with E-state index in [4.69, 9.17) is 10.5 Å². The van der Waals surface area contributed by atoms with Crippen molar-refractivity contribution in [2.75, 3.05) is 13.7 Å². The van der Waals surface area contributed by atoms with E-state index >= 15 is 0 Å². The Morgan fingerprint density at radius 3 is 2.82 bits per heavy atom. The van der Waals surface area contributed by atoms with Gasteiger partial charge < -0.3 is 10.5 Å². The van der Waals surface area contributed by atoms with Crippen LogP contribution in [0.3, 0.4) is 0 Å². The second-order valence-corrected chi connectivity index (χ2v) is 3.90. The lowest BCUT2D eigenvalue weighted by Crippen LogP contribution is -2.10. The number of aryl methyl sites for hydroxylation is 1. The van der Waals surface area contributed by atoms with E-state index in [1.54, 1.807) is 18.0 Å². The molecule has 2 N–H and O–H groups in total. The number of hydrogen-bond acceptors (Lipinski definition) is 4. The maximum absolute atomic E-state index is 12.1. The molecule has 1 heterocycles. The number of unbranched alkanes of at least 4 members (excludes halogenated alkanes) is 2. The summed E-state index contributed by atoms with van der Waals surface area (Å²) in [5.41, 5.74) is 6.00. The standard InChI is InChI=1S/C12H21N3O2/c1-3-15-12(11(17-2)9-14-15)10(16)7-5-4-6-8-13/h9H,3-8,13H2,1-2H3. The van der Waals surface area contributed by atoms with Crippen molar-refractivity contribution >= 4 is 5.78 Å². The fourth-order valence-corrected chi connectivity index (χ4v) is 1.76. The summed E-state index contributed by atoms with van der Waals surface area (Å²) >= 11 is 0. The molecule has 0 atom stereocenters. The highest BCUT2D eigenvalue weighted by molar-refractivity contribution is 5.96. The average molecular weight is 239 g/mol. The summed E-state index contributed by atoms with van der Waals surface area (Å²) in [5, 5.41) is 4.12. The van der Waals surface area contributed by atoms with E-state index in [2.05, 4.69) is 5.10 Å². The number of hydrogen-bond donors (Lipinski definition) is 1. The number of Topliss-reactive ketones (excluding diaryl/α,β-unsaturated/α-hetero) is 1. The molecule has 0 aliphatic rings. The van der Waals surface area contributed by atoms with Gasteiger partial charge in [0.2, 0.25) is 0 Å². The summed E-state index contributed by atoms with van der Waals surface area (Å²) in [6, 6.07) is 0. The number of methoxy groups -OCH3 is 1. The number of nitrogens with zero attached hydrogens (tertiary/aromatic N) is 2. The van der Waals surface area contributed by atoms with Crippen LogP contribution < -0.4 is 10.5 Å². The van der Waals surface area contributed by atoms with E-state index in [0.717, 1.165) is 19.3 Å². The molecule has 1 rings (SSSR count). The van der Waals surface area contributed by atoms with Crippen LogP contribution in [0.2, 0.25) is 0 Å². The molecule has 1 aromatic rings. The summed E-state index contributed by atoms with van der Waals surface area (Å²) in [5.74, 6) is 0.661. The summed E-state index contributed by atoms with van der Waals surface area (Å²) < 4.78 is 6.84. The Kier molecular flexibility index (Phi) is 5.69. The van der Waals surface area contributed by atoms with Gasteiger partial charge in [-0.05, 0) is 26.3 Å². The van der Waals surface area contributed by atoms with Crippen LogP contribution in [-0.2, 0) is 6.54 Å². The summed E-state index contributed by atoms with van der Waals surface area (Å²) in [6.45, 7) is 3.31. The van der Waals surface area contributed by atoms with Crippen molar-refractivity contribution < 1.29 is 9.53 Å². The van der Waals surface area contributed by atoms with Crippen molar-refractivity contribution in [2.45, 2.75) is 39.2 Å². The first kappa shape index (κ1) is 13.7. The van der Waals surface area contributed by atoms with Gasteiger partial charge in [-0.15, -0.1) is 0 Å². The van der Waals surface area contributed by atoms with Gasteiger partial charge in [0, 0.05) is 13.0 Å². The first-order valence-corrected chi connectivity index (χ1v) is 6.07. The molecule has 0 aliphatic carbocycles. The van der Waals surface area contributed by atoms with E-state index in [1.165, 1.54) is 0 Å². The zero-order valence-corrected chi connectivity index (χ0v) is 10.6. The topological polar surface area (TPSA) is 70.1 Å². The second-order valence-electron chi connectivity index (χ2n) is 3.90. The van der Waals surface area contributed by atoms with Gasteiger partial charge in [-0.1, -0.05) is 6.42 Å². The molecule has 0 bridgehead atoms. The molecule has 0 amide bonds. The Labute approximate surface area is 102 Å². The number of nitrogens with two attached hydrogens (primary N) is 1. The average Bonchev–Trinajstić information content (AvgIpc) is 2.77. The summed E-state index contributed by atoms with van der Waals surface area (Å²) in [6.07, 6.45) is 4.95. The highest BCUT2D eigenvalue weighted by Crippen LogP contribution is 2.20. The maximum atomic E-state index is 12.1. The molecule has 0 aromatic carbocycles. The van der Waals surface area contributed by atoms with E-state index < -0.39 is 0 Å². The molecule has 0 saturated heterocycles. The van der Waals surface area contributed by atoms with Crippen molar-refractivity contribution in [3.63, 3.8) is 0 Å². The minimum Gasteiger partial charge on any atom is -0.493 e. The molecule has 0 unspecified atom stereocenters. The number of carbonyl (C=O) groups excluding carboxylic acids is 1. The van der Waals surface area contributed by atoms with Crippen molar-refractivity contribution in [3.05, 3.63) is 11.9 Å². The third-order valence-electron chi connectivity index (χ3n) is 2.70. The first-order chi connectivity index (χ1) is 8.24. The first-order valence-electron chi connectivity index (χ1n) is 6.07. The van der Waals surface area contributed by atoms with Gasteiger partial charge >= 0.3 is 0 Å². The van der Waals surface area contributed by atoms with Crippen LogP contribution in [0, 0.1) is 0 Å². The molecule has 96 valence electrons. The van der Waals surface area contributed by atoms with Crippen LogP contribution in [0.5, 0.6) is 5.75 Å². The molecule has 5 nitrogen and oxygen atoms in total. The number of carbonyl (C=O) groups is 1. The van der Waals surface area contributed by atoms with Crippen LogP contribution >= 0.6 is 0 Å². The predicted molar refractivity (Wildman–Crippen MR) is 66.3 cm³/mol. The molecule has 1 aromatic heterocycles. The predicted octanol–water partition coefficient (Wildman–Crippen LogP) is 1.61. The van der Waals surface area contributed by atoms with Crippen molar-refractivity contribution in [1.29, 1.82) is 0 Å². The molecule has 5 heteroatoms. The third-order valence-corrected chi connectivity index (χ3v) is 2.70. The monoisotopic (exact) mass is 239 g/mol. The number of aromatic nitrogens is 2. The van der Waals surface area contributed by atoms with Gasteiger partial charge in [-0.3, -0.25) is 9.48 Å². The highest BCUT2D eigenvalue weighted by Gasteiger charge is 2.17. The highest BCUT2D eigenvalue weighted by atomic mass is 16.5. The number of ketones is 1. The van der Waals surface area contributed by atoms with Crippen molar-refractivity contribution in [1.82, 2.24) is 9.78 Å². The van der Waals surface area contributed by atoms with Gasteiger partial charge in [-0.25, -0.2) is 0 Å². The van der Waals surface area contributed by atoms with Crippen molar-refractivity contribution in [3.8, 4) is 5.75 Å². The van der Waals surface area contributed by atoms with Crippen LogP contribution in [-0.4, -0.2) is 29.2 Å². The molecule has 0 radical (unpaired) electrons. The van der Waals surface area contributed by atoms with E-state index in [1.807, 2.05) is 6.92 Å². The third kappa shape index (κ3) is 3.56. The Hall–Kier alpha value is -1.36. The molecule has 0 spiro atoms. The zero-order chi connectivity index (χ0) is 12.7. The second kappa shape index (κ2) is 7.06. The molecule has 17 heavy (non-hydrogen) atoms. The van der Waals surface area contributed by atoms with E-state index in [9.17, 15) is 4.79 Å². The minimum atomic E-state index is 0.0956. The molecule has 0 saturated carbocycles. The minimum absolute atomic E-state index is 0.0956. The summed E-state index contributed by atoms with van der Waals surface area (Å²) in [4.78, 5) is 12.1. The smallest absolute Gasteiger partial charge is 0.184 e. The molecule has 0 aliphatic heterocycles. The Balaban J connectivity index is 2.63. The summed E-state index contributed by atoms with van der Waals surface area (Å²) in [7, 11) is 1.56. The maximum Gasteiger partial charge on any atom is 0.184 e. The number of rotatable bonds is 8. The molecular formula is C12H21N3O2. The van der Waals surface area contributed by atoms with Gasteiger partial charge in [0.25, 0.3) is 0 Å². The van der Waals surface area contributed by atoms with E-state index in [0.29, 0.717) is 31.0 Å². The lowest BCUT2D eigenvalue weighted by Gasteiger charge is -2.06. The quantitative estimate of drug-likeness (QED) is 0.552. The molecule has 0 fully saturated rings. The van der Waals surface area contributed by atoms with Gasteiger partial charge in [0.15, 0.2) is 11.5 Å². The zero-order valence-electron chi connectivity index (χ0n) is 10.6. The Morgan fingerprint density at radius 1 is 1.47 bits per heavy atom. The van der Waals surface area contributed by atoms with Gasteiger partial charge in [0.1, 0.15) is 5.69 Å². The Morgan fingerprint density at radius 2 is 2.24 bits per heavy atom. The molecular weight excluding hydrogens is 218 g/mol. The fourth-order valence-electron chi connectivity index (χ4n) is 1.76. The largest absolute Gasteiger partial charge is 0.493 e. The number of ether oxygens (including phenoxy) is 1. The van der Waals surface area contributed by atoms with Crippen LogP contribution in [0.4, 0.5) is 0 Å². The lowest BCUT2D eigenvalue weighted by atomic mass is 10.1. The van der Waals surface area contributed by atoms with Gasteiger partial charge in [0.05, 0.1) is 13.3 Å². The van der Waals surface area contributed by atoms with Crippen LogP contribution in [0.15, 0.2) is 6.20 Å². The lowest BCUT2D eigenvalue weighted by molar-refractivity contribution is 0.0965. The van der Waals surface area contributed by atoms with E-state index in [-0.39, 0.29) is 5.78 Å². The normalized spacial score (nSPS) is 10.5. The van der Waals surface area contributed by atoms with Gasteiger partial charge in [-0.2, -0.15) is 5.10 Å². The van der Waals surface area contributed by atoms with Crippen LogP contribution in [0.25, 0.3) is 0 Å². The fraction of sp³-hybridized carbons (Fsp3) is 0.667. The SMILES string of the molecule is CCn1ncc(OC)c1C(=O)CCCCCN. The van der Waals surface area contributed by atoms with Crippen LogP contribution in [0.1, 0.15) is 43.1 Å².